The number of hydrogen-bond acceptors (Lipinski definition) is 1. The summed E-state index contributed by atoms with van der Waals surface area (Å²) in [6, 6.07) is 6.08. The molecule has 98 valence electrons. The normalized spacial score (nSPS) is 29.2. The Kier molecular flexibility index (Phi) is 2.59. The quantitative estimate of drug-likeness (QED) is 0.810. The van der Waals surface area contributed by atoms with Gasteiger partial charge in [0.25, 0.3) is 0 Å². The van der Waals surface area contributed by atoms with Crippen molar-refractivity contribution in [3.63, 3.8) is 0 Å². The molecule has 1 aromatic heterocycles. The Hall–Kier alpha value is -1.09. The third-order valence-corrected chi connectivity index (χ3v) is 5.48. The highest BCUT2D eigenvalue weighted by Gasteiger charge is 2.43. The fourth-order valence-electron chi connectivity index (χ4n) is 4.07. The van der Waals surface area contributed by atoms with Gasteiger partial charge in [-0.25, -0.2) is 0 Å². The van der Waals surface area contributed by atoms with E-state index in [2.05, 4.69) is 20.9 Å². The van der Waals surface area contributed by atoms with Crippen molar-refractivity contribution in [1.29, 1.82) is 0 Å². The maximum atomic E-state index is 12.8. The summed E-state index contributed by atoms with van der Waals surface area (Å²) >= 11 is 3.47. The summed E-state index contributed by atoms with van der Waals surface area (Å²) in [5.41, 5.74) is 1.93. The first-order chi connectivity index (χ1) is 9.22. The van der Waals surface area contributed by atoms with Crippen molar-refractivity contribution < 1.29 is 4.79 Å². The third-order valence-electron chi connectivity index (χ3n) is 4.98. The molecular weight excluding hydrogens is 302 g/mol. The number of fused-ring (bicyclic) bond motifs is 3. The number of ketones is 1. The van der Waals surface area contributed by atoms with Gasteiger partial charge in [0.1, 0.15) is 0 Å². The van der Waals surface area contributed by atoms with Crippen LogP contribution < -0.4 is 0 Å². The second-order valence-corrected chi connectivity index (χ2v) is 6.95. The molecule has 0 spiro atoms. The largest absolute Gasteiger partial charge is 0.360 e. The molecule has 2 nitrogen and oxygen atoms in total. The molecule has 2 bridgehead atoms. The topological polar surface area (TPSA) is 32.9 Å². The average molecular weight is 318 g/mol. The van der Waals surface area contributed by atoms with Crippen molar-refractivity contribution in [1.82, 2.24) is 4.98 Å². The lowest BCUT2D eigenvalue weighted by Crippen LogP contribution is -2.20. The average Bonchev–Trinajstić information content (AvgIpc) is 3.11. The van der Waals surface area contributed by atoms with Crippen molar-refractivity contribution in [2.24, 2.45) is 17.8 Å². The first-order valence-corrected chi connectivity index (χ1v) is 7.82. The molecule has 0 aliphatic heterocycles. The smallest absolute Gasteiger partial charge is 0.168 e. The van der Waals surface area contributed by atoms with Gasteiger partial charge in [-0.15, -0.1) is 0 Å². The molecule has 3 heteroatoms. The van der Waals surface area contributed by atoms with Crippen molar-refractivity contribution in [2.75, 3.05) is 0 Å². The van der Waals surface area contributed by atoms with Crippen LogP contribution in [0.4, 0.5) is 0 Å². The minimum atomic E-state index is 0.279. The van der Waals surface area contributed by atoms with E-state index >= 15 is 0 Å². The van der Waals surface area contributed by atoms with Crippen LogP contribution in [0.25, 0.3) is 10.9 Å². The number of nitrogens with one attached hydrogen (secondary N) is 1. The number of carbonyl (C=O) groups is 1. The van der Waals surface area contributed by atoms with E-state index in [0.29, 0.717) is 11.7 Å². The zero-order valence-electron chi connectivity index (χ0n) is 10.7. The Morgan fingerprint density at radius 2 is 2.16 bits per heavy atom. The second kappa shape index (κ2) is 4.20. The first kappa shape index (κ1) is 11.7. The standard InChI is InChI=1S/C16H16BrNO/c17-11-3-4-12-14(8-18-15(12)7-11)16(19)13-6-9-1-2-10(13)5-9/h3-4,7-10,13,18H,1-2,5-6H2. The summed E-state index contributed by atoms with van der Waals surface area (Å²) in [7, 11) is 0. The van der Waals surface area contributed by atoms with Gasteiger partial charge in [-0.05, 0) is 43.2 Å². The molecule has 0 saturated heterocycles. The van der Waals surface area contributed by atoms with Gasteiger partial charge in [0, 0.05) is 33.1 Å². The number of rotatable bonds is 2. The monoisotopic (exact) mass is 317 g/mol. The lowest BCUT2D eigenvalue weighted by atomic mass is 9.83. The highest BCUT2D eigenvalue weighted by Crippen LogP contribution is 2.49. The van der Waals surface area contributed by atoms with Crippen LogP contribution in [0, 0.1) is 17.8 Å². The Balaban J connectivity index is 1.72. The maximum Gasteiger partial charge on any atom is 0.168 e. The summed E-state index contributed by atoms with van der Waals surface area (Å²) in [6.07, 6.45) is 6.90. The van der Waals surface area contributed by atoms with Crippen molar-refractivity contribution >= 4 is 32.6 Å². The predicted octanol–water partition coefficient (Wildman–Crippen LogP) is 4.55. The van der Waals surface area contributed by atoms with Gasteiger partial charge < -0.3 is 4.98 Å². The van der Waals surface area contributed by atoms with Crippen LogP contribution in [0.1, 0.15) is 36.0 Å². The summed E-state index contributed by atoms with van der Waals surface area (Å²) in [6.45, 7) is 0. The Labute approximate surface area is 120 Å². The summed E-state index contributed by atoms with van der Waals surface area (Å²) in [5, 5.41) is 1.07. The van der Waals surface area contributed by atoms with Crippen LogP contribution in [-0.4, -0.2) is 10.8 Å². The van der Waals surface area contributed by atoms with Gasteiger partial charge >= 0.3 is 0 Å². The van der Waals surface area contributed by atoms with Gasteiger partial charge in [0.2, 0.25) is 0 Å². The highest BCUT2D eigenvalue weighted by atomic mass is 79.9. The van der Waals surface area contributed by atoms with E-state index in [-0.39, 0.29) is 5.92 Å². The molecule has 1 heterocycles. The van der Waals surface area contributed by atoms with Crippen molar-refractivity contribution in [3.8, 4) is 0 Å². The van der Waals surface area contributed by atoms with Gasteiger partial charge in [0.15, 0.2) is 5.78 Å². The summed E-state index contributed by atoms with van der Waals surface area (Å²) < 4.78 is 1.04. The van der Waals surface area contributed by atoms with E-state index in [9.17, 15) is 4.79 Å². The minimum Gasteiger partial charge on any atom is -0.360 e. The second-order valence-electron chi connectivity index (χ2n) is 6.04. The maximum absolute atomic E-state index is 12.8. The summed E-state index contributed by atoms with van der Waals surface area (Å²) in [4.78, 5) is 16.0. The summed E-state index contributed by atoms with van der Waals surface area (Å²) in [5.74, 6) is 2.11. The van der Waals surface area contributed by atoms with E-state index in [1.165, 1.54) is 19.3 Å². The van der Waals surface area contributed by atoms with E-state index in [1.807, 2.05) is 24.4 Å². The number of halogens is 1. The molecule has 4 rings (SSSR count). The molecule has 1 N–H and O–H groups in total. The fraction of sp³-hybridized carbons (Fsp3) is 0.438. The third kappa shape index (κ3) is 1.78. The number of aromatic amines is 1. The van der Waals surface area contributed by atoms with E-state index in [1.54, 1.807) is 0 Å². The lowest BCUT2D eigenvalue weighted by Gasteiger charge is -2.19. The van der Waals surface area contributed by atoms with Crippen LogP contribution in [0.2, 0.25) is 0 Å². The van der Waals surface area contributed by atoms with Gasteiger partial charge in [-0.1, -0.05) is 28.4 Å². The van der Waals surface area contributed by atoms with Gasteiger partial charge in [0.05, 0.1) is 0 Å². The number of benzene rings is 1. The molecular formula is C16H16BrNO. The Bertz CT molecular complexity index is 660. The van der Waals surface area contributed by atoms with Crippen molar-refractivity contribution in [2.45, 2.75) is 25.7 Å². The number of Topliss-reactive ketones (excluding diaryl/α,β-unsaturated/α-hetero) is 1. The molecule has 0 radical (unpaired) electrons. The molecule has 2 saturated carbocycles. The molecule has 3 unspecified atom stereocenters. The van der Waals surface area contributed by atoms with Crippen molar-refractivity contribution in [3.05, 3.63) is 34.4 Å². The van der Waals surface area contributed by atoms with Gasteiger partial charge in [-0.3, -0.25) is 4.79 Å². The number of carbonyl (C=O) groups excluding carboxylic acids is 1. The van der Waals surface area contributed by atoms with E-state index < -0.39 is 0 Å². The van der Waals surface area contributed by atoms with Crippen LogP contribution in [0.15, 0.2) is 28.9 Å². The van der Waals surface area contributed by atoms with E-state index in [4.69, 9.17) is 0 Å². The minimum absolute atomic E-state index is 0.279. The first-order valence-electron chi connectivity index (χ1n) is 7.03. The van der Waals surface area contributed by atoms with Crippen LogP contribution in [0.5, 0.6) is 0 Å². The Morgan fingerprint density at radius 3 is 2.89 bits per heavy atom. The Morgan fingerprint density at radius 1 is 1.26 bits per heavy atom. The van der Waals surface area contributed by atoms with Crippen LogP contribution >= 0.6 is 15.9 Å². The van der Waals surface area contributed by atoms with Gasteiger partial charge in [-0.2, -0.15) is 0 Å². The molecule has 0 amide bonds. The SMILES string of the molecule is O=C(c1c[nH]c2cc(Br)ccc12)C1CC2CCC1C2. The van der Waals surface area contributed by atoms with E-state index in [0.717, 1.165) is 33.3 Å². The zero-order chi connectivity index (χ0) is 13.0. The zero-order valence-corrected chi connectivity index (χ0v) is 12.2. The molecule has 19 heavy (non-hydrogen) atoms. The van der Waals surface area contributed by atoms with Crippen LogP contribution in [0.3, 0.4) is 0 Å². The molecule has 3 atom stereocenters. The number of H-pyrrole nitrogens is 1. The fourth-order valence-corrected chi connectivity index (χ4v) is 4.43. The van der Waals surface area contributed by atoms with Crippen LogP contribution in [-0.2, 0) is 0 Å². The number of hydrogen-bond donors (Lipinski definition) is 1. The molecule has 2 aliphatic carbocycles. The number of aromatic nitrogens is 1. The predicted molar refractivity (Wildman–Crippen MR) is 79.3 cm³/mol. The molecule has 2 fully saturated rings. The molecule has 2 aliphatic rings. The lowest BCUT2D eigenvalue weighted by molar-refractivity contribution is 0.0876. The molecule has 2 aromatic rings. The molecule has 1 aromatic carbocycles. The highest BCUT2D eigenvalue weighted by molar-refractivity contribution is 9.10.